The van der Waals surface area contributed by atoms with Crippen LogP contribution >= 0.6 is 0 Å². The Kier molecular flexibility index (Phi) is 5.99. The molecular formula is C25H21FN2O5. The maximum atomic E-state index is 13.5. The van der Waals surface area contributed by atoms with E-state index >= 15 is 0 Å². The molecule has 0 radical (unpaired) electrons. The number of carbonyl (C=O) groups is 2. The minimum absolute atomic E-state index is 0.0461. The van der Waals surface area contributed by atoms with Crippen LogP contribution in [0.4, 0.5) is 15.8 Å². The van der Waals surface area contributed by atoms with Crippen molar-refractivity contribution < 1.29 is 28.2 Å². The van der Waals surface area contributed by atoms with E-state index in [-0.39, 0.29) is 11.3 Å². The molecule has 7 nitrogen and oxygen atoms in total. The van der Waals surface area contributed by atoms with Crippen molar-refractivity contribution in [2.24, 2.45) is 0 Å². The topological polar surface area (TPSA) is 77.1 Å². The second-order valence-corrected chi connectivity index (χ2v) is 7.08. The highest BCUT2D eigenvalue weighted by atomic mass is 19.1. The second-order valence-electron chi connectivity index (χ2n) is 7.08. The van der Waals surface area contributed by atoms with Gasteiger partial charge in [0.2, 0.25) is 5.75 Å². The van der Waals surface area contributed by atoms with Crippen LogP contribution in [0.5, 0.6) is 17.2 Å². The van der Waals surface area contributed by atoms with Gasteiger partial charge in [-0.1, -0.05) is 30.3 Å². The number of hydrogen-bond acceptors (Lipinski definition) is 6. The van der Waals surface area contributed by atoms with E-state index in [1.165, 1.54) is 45.6 Å². The number of carbonyl (C=O) groups excluding carboxylic acids is 2. The van der Waals surface area contributed by atoms with Crippen LogP contribution in [0.1, 0.15) is 5.56 Å². The number of para-hydroxylation sites is 1. The van der Waals surface area contributed by atoms with Gasteiger partial charge in [0, 0.05) is 17.8 Å². The number of rotatable bonds is 7. The van der Waals surface area contributed by atoms with Gasteiger partial charge < -0.3 is 19.5 Å². The predicted molar refractivity (Wildman–Crippen MR) is 122 cm³/mol. The molecule has 0 saturated heterocycles. The van der Waals surface area contributed by atoms with Crippen LogP contribution in [0.2, 0.25) is 0 Å². The zero-order valence-corrected chi connectivity index (χ0v) is 18.2. The van der Waals surface area contributed by atoms with Crippen LogP contribution in [-0.2, 0) is 9.59 Å². The smallest absolute Gasteiger partial charge is 0.282 e. The Morgan fingerprint density at radius 1 is 0.788 bits per heavy atom. The number of hydrogen-bond donors (Lipinski definition) is 1. The summed E-state index contributed by atoms with van der Waals surface area (Å²) in [5, 5.41) is 3.04. The summed E-state index contributed by atoms with van der Waals surface area (Å²) < 4.78 is 29.6. The Morgan fingerprint density at radius 2 is 1.39 bits per heavy atom. The molecule has 1 N–H and O–H groups in total. The average Bonchev–Trinajstić information content (AvgIpc) is 3.08. The zero-order valence-electron chi connectivity index (χ0n) is 18.2. The Labute approximate surface area is 190 Å². The molecule has 0 fully saturated rings. The monoisotopic (exact) mass is 448 g/mol. The first-order valence-corrected chi connectivity index (χ1v) is 9.99. The lowest BCUT2D eigenvalue weighted by Gasteiger charge is -2.16. The van der Waals surface area contributed by atoms with E-state index in [1.807, 2.05) is 0 Å². The molecule has 3 aromatic rings. The summed E-state index contributed by atoms with van der Waals surface area (Å²) >= 11 is 0. The zero-order chi connectivity index (χ0) is 23.5. The van der Waals surface area contributed by atoms with E-state index in [4.69, 9.17) is 14.2 Å². The summed E-state index contributed by atoms with van der Waals surface area (Å²) in [6, 6.07) is 17.2. The molecule has 2 amide bonds. The average molecular weight is 448 g/mol. The fourth-order valence-electron chi connectivity index (χ4n) is 3.64. The molecule has 168 valence electrons. The molecule has 0 aromatic heterocycles. The van der Waals surface area contributed by atoms with E-state index in [2.05, 4.69) is 5.32 Å². The molecule has 0 spiro atoms. The van der Waals surface area contributed by atoms with Crippen molar-refractivity contribution in [1.82, 2.24) is 0 Å². The number of anilines is 2. The number of methoxy groups -OCH3 is 3. The lowest BCUT2D eigenvalue weighted by molar-refractivity contribution is -0.120. The van der Waals surface area contributed by atoms with E-state index in [1.54, 1.807) is 42.5 Å². The number of nitrogens with zero attached hydrogens (tertiary/aromatic N) is 1. The highest BCUT2D eigenvalue weighted by molar-refractivity contribution is 6.46. The Balaban J connectivity index is 1.84. The highest BCUT2D eigenvalue weighted by Gasteiger charge is 2.40. The molecule has 3 aromatic carbocycles. The van der Waals surface area contributed by atoms with Crippen molar-refractivity contribution in [3.05, 3.63) is 83.8 Å². The van der Waals surface area contributed by atoms with E-state index in [0.29, 0.717) is 34.2 Å². The first-order chi connectivity index (χ1) is 16.0. The largest absolute Gasteiger partial charge is 0.493 e. The van der Waals surface area contributed by atoms with Gasteiger partial charge >= 0.3 is 0 Å². The maximum absolute atomic E-state index is 13.5. The highest BCUT2D eigenvalue weighted by Crippen LogP contribution is 2.41. The second kappa shape index (κ2) is 9.04. The summed E-state index contributed by atoms with van der Waals surface area (Å²) in [4.78, 5) is 27.9. The SMILES string of the molecule is COc1cc(NC2=C(c3ccc(F)cc3)C(=O)N(c3ccccc3)C2=O)cc(OC)c1OC. The number of ether oxygens (including phenoxy) is 3. The van der Waals surface area contributed by atoms with Crippen molar-refractivity contribution in [2.75, 3.05) is 31.5 Å². The third-order valence-corrected chi connectivity index (χ3v) is 5.17. The summed E-state index contributed by atoms with van der Waals surface area (Å²) in [7, 11) is 4.44. The van der Waals surface area contributed by atoms with Gasteiger partial charge in [0.25, 0.3) is 11.8 Å². The molecule has 33 heavy (non-hydrogen) atoms. The minimum atomic E-state index is -0.542. The van der Waals surface area contributed by atoms with Crippen LogP contribution < -0.4 is 24.4 Å². The van der Waals surface area contributed by atoms with Gasteiger partial charge in [0.05, 0.1) is 32.6 Å². The van der Waals surface area contributed by atoms with Crippen LogP contribution in [0, 0.1) is 5.82 Å². The van der Waals surface area contributed by atoms with Gasteiger partial charge in [-0.15, -0.1) is 0 Å². The van der Waals surface area contributed by atoms with E-state index in [9.17, 15) is 14.0 Å². The number of halogens is 1. The number of nitrogens with one attached hydrogen (secondary N) is 1. The molecule has 1 heterocycles. The first kappa shape index (κ1) is 21.9. The molecule has 0 unspecified atom stereocenters. The summed E-state index contributed by atoms with van der Waals surface area (Å²) in [5.74, 6) is -0.375. The molecule has 0 bridgehead atoms. The summed E-state index contributed by atoms with van der Waals surface area (Å²) in [5.41, 5.74) is 1.44. The molecule has 1 aliphatic heterocycles. The number of benzene rings is 3. The van der Waals surface area contributed by atoms with Crippen molar-refractivity contribution in [3.8, 4) is 17.2 Å². The third kappa shape index (κ3) is 3.98. The minimum Gasteiger partial charge on any atom is -0.493 e. The quantitative estimate of drug-likeness (QED) is 0.545. The Bertz CT molecular complexity index is 1210. The van der Waals surface area contributed by atoms with Gasteiger partial charge in [0.15, 0.2) is 11.5 Å². The van der Waals surface area contributed by atoms with Crippen LogP contribution in [0.25, 0.3) is 5.57 Å². The molecule has 1 aliphatic rings. The van der Waals surface area contributed by atoms with Gasteiger partial charge in [-0.25, -0.2) is 9.29 Å². The number of imide groups is 1. The van der Waals surface area contributed by atoms with Gasteiger partial charge in [-0.2, -0.15) is 0 Å². The summed E-state index contributed by atoms with van der Waals surface area (Å²) in [6.45, 7) is 0. The standard InChI is InChI=1S/C25H21FN2O5/c1-31-19-13-17(14-20(32-2)23(19)33-3)27-22-21(15-9-11-16(26)12-10-15)24(29)28(25(22)30)18-7-5-4-6-8-18/h4-14,27H,1-3H3. The molecule has 0 atom stereocenters. The van der Waals surface area contributed by atoms with Crippen LogP contribution in [0.15, 0.2) is 72.4 Å². The molecule has 0 saturated carbocycles. The fourth-order valence-corrected chi connectivity index (χ4v) is 3.64. The molecule has 8 heteroatoms. The van der Waals surface area contributed by atoms with E-state index < -0.39 is 17.6 Å². The van der Waals surface area contributed by atoms with Crippen LogP contribution in [0.3, 0.4) is 0 Å². The van der Waals surface area contributed by atoms with Crippen molar-refractivity contribution in [2.45, 2.75) is 0 Å². The molecule has 0 aliphatic carbocycles. The van der Waals surface area contributed by atoms with Crippen molar-refractivity contribution in [3.63, 3.8) is 0 Å². The normalized spacial score (nSPS) is 13.4. The molecular weight excluding hydrogens is 427 g/mol. The number of amides is 2. The molecule has 4 rings (SSSR count). The first-order valence-electron chi connectivity index (χ1n) is 9.99. The van der Waals surface area contributed by atoms with Crippen molar-refractivity contribution >= 4 is 28.8 Å². The maximum Gasteiger partial charge on any atom is 0.282 e. The predicted octanol–water partition coefficient (Wildman–Crippen LogP) is 4.25. The van der Waals surface area contributed by atoms with Crippen molar-refractivity contribution in [1.29, 1.82) is 0 Å². The van der Waals surface area contributed by atoms with E-state index in [0.717, 1.165) is 4.90 Å². The lowest BCUT2D eigenvalue weighted by atomic mass is 10.0. The Hall–Kier alpha value is -4.33. The lowest BCUT2D eigenvalue weighted by Crippen LogP contribution is -2.32. The van der Waals surface area contributed by atoms with Gasteiger partial charge in [-0.3, -0.25) is 9.59 Å². The van der Waals surface area contributed by atoms with Gasteiger partial charge in [-0.05, 0) is 29.8 Å². The third-order valence-electron chi connectivity index (χ3n) is 5.17. The van der Waals surface area contributed by atoms with Gasteiger partial charge in [0.1, 0.15) is 11.5 Å². The summed E-state index contributed by atoms with van der Waals surface area (Å²) in [6.07, 6.45) is 0. The van der Waals surface area contributed by atoms with Crippen LogP contribution in [-0.4, -0.2) is 33.1 Å². The Morgan fingerprint density at radius 3 is 1.94 bits per heavy atom. The fraction of sp³-hybridized carbons (Fsp3) is 0.120.